The molecule has 1 aliphatic heterocycles. The molecule has 9 N–H and O–H groups in total. The van der Waals surface area contributed by atoms with Crippen molar-refractivity contribution in [1.82, 2.24) is 31.2 Å². The van der Waals surface area contributed by atoms with Crippen molar-refractivity contribution in [3.05, 3.63) is 54.0 Å². The van der Waals surface area contributed by atoms with E-state index in [0.29, 0.717) is 42.4 Å². The van der Waals surface area contributed by atoms with Gasteiger partial charge in [0.1, 0.15) is 23.6 Å². The van der Waals surface area contributed by atoms with Crippen molar-refractivity contribution in [2.75, 3.05) is 11.9 Å². The Kier molecular flexibility index (Phi) is 11.9. The molecule has 0 spiro atoms. The number of carboxylic acids is 2. The van der Waals surface area contributed by atoms with E-state index in [9.17, 15) is 29.1 Å². The van der Waals surface area contributed by atoms with Gasteiger partial charge in [-0.1, -0.05) is 18.7 Å². The Morgan fingerprint density at radius 3 is 2.37 bits per heavy atom. The van der Waals surface area contributed by atoms with E-state index in [2.05, 4.69) is 48.1 Å². The number of rotatable bonds is 17. The molecule has 2 heterocycles. The summed E-state index contributed by atoms with van der Waals surface area (Å²) < 4.78 is 0. The lowest BCUT2D eigenvalue weighted by molar-refractivity contribution is -0.144. The number of aliphatic carboxylic acids is 2. The summed E-state index contributed by atoms with van der Waals surface area (Å²) >= 11 is 0. The zero-order valence-electron chi connectivity index (χ0n) is 25.8. The highest BCUT2D eigenvalue weighted by molar-refractivity contribution is 5.94. The number of nitrogens with one attached hydrogen (secondary N) is 5. The minimum atomic E-state index is -1.53. The normalized spacial score (nSPS) is 13.7. The van der Waals surface area contributed by atoms with Crippen molar-refractivity contribution in [2.45, 2.75) is 70.6 Å². The number of nitrogens with zero attached hydrogens (tertiary/aromatic N) is 3. The summed E-state index contributed by atoms with van der Waals surface area (Å²) in [5.41, 5.74) is 8.86. The van der Waals surface area contributed by atoms with Crippen molar-refractivity contribution in [1.29, 1.82) is 0 Å². The highest BCUT2D eigenvalue weighted by Gasteiger charge is 2.29. The van der Waals surface area contributed by atoms with Crippen molar-refractivity contribution in [3.63, 3.8) is 0 Å². The van der Waals surface area contributed by atoms with Crippen LogP contribution in [0.5, 0.6) is 0 Å². The first-order valence-electron chi connectivity index (χ1n) is 14.4. The van der Waals surface area contributed by atoms with Crippen LogP contribution < -0.4 is 32.3 Å². The number of ketones is 1. The van der Waals surface area contributed by atoms with Gasteiger partial charge in [-0.15, -0.1) is 0 Å². The van der Waals surface area contributed by atoms with Crippen LogP contribution in [0.4, 0.5) is 11.5 Å². The van der Waals surface area contributed by atoms with Gasteiger partial charge >= 0.3 is 11.9 Å². The van der Waals surface area contributed by atoms with Crippen LogP contribution in [0.2, 0.25) is 0 Å². The summed E-state index contributed by atoms with van der Waals surface area (Å²) in [4.78, 5) is 72.0. The molecule has 0 radical (unpaired) electrons. The van der Waals surface area contributed by atoms with Gasteiger partial charge in [-0.25, -0.2) is 14.8 Å². The molecule has 0 saturated carbocycles. The van der Waals surface area contributed by atoms with Crippen molar-refractivity contribution in [2.24, 2.45) is 10.7 Å². The monoisotopic (exact) mass is 637 g/mol. The second-order valence-electron chi connectivity index (χ2n) is 11.2. The molecule has 2 aromatic rings. The molecule has 2 atom stereocenters. The number of nitrogens with two attached hydrogens (primary N) is 1. The third-order valence-electron chi connectivity index (χ3n) is 6.96. The highest BCUT2D eigenvalue weighted by Crippen LogP contribution is 2.24. The number of hydrogen-bond acceptors (Lipinski definition) is 12. The minimum Gasteiger partial charge on any atom is -0.481 e. The van der Waals surface area contributed by atoms with Crippen LogP contribution in [0.3, 0.4) is 0 Å². The van der Waals surface area contributed by atoms with Gasteiger partial charge in [0.05, 0.1) is 30.6 Å². The first-order chi connectivity index (χ1) is 21.6. The predicted octanol–water partition coefficient (Wildman–Crippen LogP) is 0.722. The fourth-order valence-corrected chi connectivity index (χ4v) is 4.50. The van der Waals surface area contributed by atoms with Crippen LogP contribution in [0, 0.1) is 0 Å². The Balaban J connectivity index is 1.47. The van der Waals surface area contributed by atoms with Crippen LogP contribution in [0.1, 0.15) is 63.4 Å². The highest BCUT2D eigenvalue weighted by atomic mass is 16.4. The Hall–Kier alpha value is -5.38. The van der Waals surface area contributed by atoms with Gasteiger partial charge in [0, 0.05) is 24.1 Å². The Morgan fingerprint density at radius 2 is 1.74 bits per heavy atom. The minimum absolute atomic E-state index is 0.0140. The third kappa shape index (κ3) is 10.4. The molecule has 16 nitrogen and oxygen atoms in total. The number of anilines is 1. The summed E-state index contributed by atoms with van der Waals surface area (Å²) in [6.07, 6.45) is 0.760. The fourth-order valence-electron chi connectivity index (χ4n) is 4.50. The molecule has 0 aliphatic carbocycles. The molecule has 16 heteroatoms. The van der Waals surface area contributed by atoms with Crippen LogP contribution in [0.15, 0.2) is 42.0 Å². The van der Waals surface area contributed by atoms with Gasteiger partial charge in [-0.3, -0.25) is 19.2 Å². The number of carbonyl (C=O) groups excluding carboxylic acids is 3. The summed E-state index contributed by atoms with van der Waals surface area (Å²) in [6.45, 7) is 9.89. The summed E-state index contributed by atoms with van der Waals surface area (Å²) in [7, 11) is 0. The smallest absolute Gasteiger partial charge is 0.326 e. The molecule has 1 unspecified atom stereocenters. The maximum atomic E-state index is 12.5. The van der Waals surface area contributed by atoms with E-state index in [4.69, 9.17) is 10.8 Å². The second-order valence-corrected chi connectivity index (χ2v) is 11.2. The lowest BCUT2D eigenvalue weighted by Gasteiger charge is -2.27. The number of fused-ring (bicyclic) bond motifs is 1. The van der Waals surface area contributed by atoms with Crippen molar-refractivity contribution >= 4 is 52.7 Å². The lowest BCUT2D eigenvalue weighted by atomic mass is 9.94. The molecule has 0 fully saturated rings. The average Bonchev–Trinajstić information content (AvgIpc) is 2.97. The Labute approximate surface area is 265 Å². The summed E-state index contributed by atoms with van der Waals surface area (Å²) in [6, 6.07) is 4.77. The van der Waals surface area contributed by atoms with E-state index < -0.39 is 60.0 Å². The molecule has 0 bridgehead atoms. The van der Waals surface area contributed by atoms with Gasteiger partial charge in [-0.2, -0.15) is 4.99 Å². The number of aliphatic imine (C=N–C) groups is 1. The number of carboxylic acid groups (broad SMARTS) is 2. The first kappa shape index (κ1) is 35.1. The first-order valence-corrected chi connectivity index (χ1v) is 14.4. The largest absolute Gasteiger partial charge is 0.481 e. The second kappa shape index (κ2) is 15.6. The molecule has 246 valence electrons. The third-order valence-corrected chi connectivity index (χ3v) is 6.96. The molecule has 1 aromatic heterocycles. The standard InChI is InChI=1S/C30H39N9O7/c1-16(40)12-22(28(45)46)38-27(44)21(13-24(42)43)37-23(41)6-5-11-34-30(3,4)18-7-9-19(10-8-18)32-14-20-15-33-26-25(36-20)17(2)35-29(31)39-26/h7-10,15,21-22,32,34H,2,5-6,11-14H2,1,3-4H3,(H,37,41)(H,38,44)(H,42,43)(H,45,46)(H3,31,33,35,39)/t21?,22-/m1/s1. The predicted molar refractivity (Wildman–Crippen MR) is 169 cm³/mol. The molecule has 46 heavy (non-hydrogen) atoms. The van der Waals surface area contributed by atoms with Crippen LogP contribution in [-0.2, 0) is 36.1 Å². The maximum absolute atomic E-state index is 12.5. The molecular weight excluding hydrogens is 598 g/mol. The van der Waals surface area contributed by atoms with Crippen molar-refractivity contribution < 1.29 is 34.2 Å². The molecule has 3 rings (SSSR count). The van der Waals surface area contributed by atoms with Gasteiger partial charge in [0.2, 0.25) is 11.8 Å². The van der Waals surface area contributed by atoms with E-state index in [1.54, 1.807) is 6.20 Å². The number of amides is 2. The fraction of sp³-hybridized carbons (Fsp3) is 0.400. The van der Waals surface area contributed by atoms with E-state index >= 15 is 0 Å². The Morgan fingerprint density at radius 1 is 1.04 bits per heavy atom. The number of aromatic nitrogens is 2. The molecular formula is C30H39N9O7. The molecule has 1 aromatic carbocycles. The van der Waals surface area contributed by atoms with E-state index in [-0.39, 0.29) is 12.4 Å². The number of Topliss-reactive ketones (excluding diaryl/α,β-unsaturated/α-hetero) is 1. The Bertz CT molecular complexity index is 1520. The van der Waals surface area contributed by atoms with E-state index in [1.165, 1.54) is 6.92 Å². The molecule has 1 aliphatic rings. The van der Waals surface area contributed by atoms with Crippen LogP contribution in [-0.4, -0.2) is 74.3 Å². The van der Waals surface area contributed by atoms with Gasteiger partial charge < -0.3 is 42.5 Å². The molecule has 0 saturated heterocycles. The number of guanidine groups is 1. The zero-order chi connectivity index (χ0) is 34.0. The van der Waals surface area contributed by atoms with Crippen molar-refractivity contribution in [3.8, 4) is 0 Å². The number of carbonyl (C=O) groups is 5. The quantitative estimate of drug-likeness (QED) is 0.112. The molecule has 2 amide bonds. The van der Waals surface area contributed by atoms with Crippen LogP contribution in [0.25, 0.3) is 5.70 Å². The van der Waals surface area contributed by atoms with E-state index in [0.717, 1.165) is 11.3 Å². The average molecular weight is 638 g/mol. The maximum Gasteiger partial charge on any atom is 0.326 e. The topological polar surface area (TPSA) is 250 Å². The van der Waals surface area contributed by atoms with Gasteiger partial charge in [-0.05, 0) is 51.4 Å². The van der Waals surface area contributed by atoms with Gasteiger partial charge in [0.15, 0.2) is 11.8 Å². The zero-order valence-corrected chi connectivity index (χ0v) is 25.8. The lowest BCUT2D eigenvalue weighted by Crippen LogP contribution is -2.52. The SMILES string of the molecule is C=C1NC(N)=Nc2ncc(CNc3ccc(C(C)(C)NCCCC(=O)NC(CC(=O)O)C(=O)N[C@H](CC(C)=O)C(=O)O)cc3)nc21. The summed E-state index contributed by atoms with van der Waals surface area (Å²) in [5.74, 6) is -4.23. The van der Waals surface area contributed by atoms with Crippen LogP contribution >= 0.6 is 0 Å². The summed E-state index contributed by atoms with van der Waals surface area (Å²) in [5, 5.41) is 32.4. The number of hydrogen-bond donors (Lipinski definition) is 8. The van der Waals surface area contributed by atoms with E-state index in [1.807, 2.05) is 38.1 Å². The number of benzene rings is 1. The van der Waals surface area contributed by atoms with Gasteiger partial charge in [0.25, 0.3) is 0 Å².